The number of halogens is 1. The molecule has 2 rings (SSSR count). The fraction of sp³-hybridized carbons (Fsp3) is 0.143. The summed E-state index contributed by atoms with van der Waals surface area (Å²) in [7, 11) is -3.60. The van der Waals surface area contributed by atoms with Crippen LogP contribution >= 0.6 is 23.4 Å². The standard InChI is InChI=1S/C14H14ClNO2S2/c1-10-3-6-12(7-4-10)20(17,18)16-13-9-11(15)5-8-14(13)19-2/h3-9,16H,1-2H3. The van der Waals surface area contributed by atoms with E-state index < -0.39 is 10.0 Å². The lowest BCUT2D eigenvalue weighted by Crippen LogP contribution is -2.13. The monoisotopic (exact) mass is 327 g/mol. The fourth-order valence-corrected chi connectivity index (χ4v) is 3.52. The second-order valence-electron chi connectivity index (χ2n) is 4.26. The zero-order valence-corrected chi connectivity index (χ0v) is 13.4. The van der Waals surface area contributed by atoms with Gasteiger partial charge in [-0.25, -0.2) is 8.42 Å². The van der Waals surface area contributed by atoms with Gasteiger partial charge in [0.25, 0.3) is 10.0 Å². The molecule has 6 heteroatoms. The molecule has 0 aliphatic rings. The number of rotatable bonds is 4. The zero-order valence-electron chi connectivity index (χ0n) is 11.1. The molecular weight excluding hydrogens is 314 g/mol. The Morgan fingerprint density at radius 3 is 2.35 bits per heavy atom. The second-order valence-corrected chi connectivity index (χ2v) is 7.23. The largest absolute Gasteiger partial charge is 0.278 e. The quantitative estimate of drug-likeness (QED) is 0.857. The van der Waals surface area contributed by atoms with Crippen molar-refractivity contribution in [3.8, 4) is 0 Å². The highest BCUT2D eigenvalue weighted by molar-refractivity contribution is 7.99. The third kappa shape index (κ3) is 3.48. The van der Waals surface area contributed by atoms with Crippen LogP contribution < -0.4 is 4.72 Å². The Balaban J connectivity index is 2.37. The van der Waals surface area contributed by atoms with Gasteiger partial charge in [0.15, 0.2) is 0 Å². The predicted octanol–water partition coefficient (Wildman–Crippen LogP) is 4.17. The first kappa shape index (κ1) is 15.2. The van der Waals surface area contributed by atoms with Gasteiger partial charge in [0.2, 0.25) is 0 Å². The van der Waals surface area contributed by atoms with E-state index in [2.05, 4.69) is 4.72 Å². The minimum atomic E-state index is -3.60. The van der Waals surface area contributed by atoms with Crippen molar-refractivity contribution < 1.29 is 8.42 Å². The van der Waals surface area contributed by atoms with Crippen LogP contribution in [0.3, 0.4) is 0 Å². The van der Waals surface area contributed by atoms with Gasteiger partial charge in [0, 0.05) is 9.92 Å². The van der Waals surface area contributed by atoms with E-state index in [1.54, 1.807) is 42.5 Å². The van der Waals surface area contributed by atoms with Gasteiger partial charge >= 0.3 is 0 Å². The first-order valence-electron chi connectivity index (χ1n) is 5.85. The average molecular weight is 328 g/mol. The molecule has 0 radical (unpaired) electrons. The van der Waals surface area contributed by atoms with Gasteiger partial charge in [-0.2, -0.15) is 0 Å². The van der Waals surface area contributed by atoms with Crippen molar-refractivity contribution in [2.24, 2.45) is 0 Å². The lowest BCUT2D eigenvalue weighted by atomic mass is 10.2. The van der Waals surface area contributed by atoms with Crippen molar-refractivity contribution in [3.05, 3.63) is 53.1 Å². The summed E-state index contributed by atoms with van der Waals surface area (Å²) in [6.07, 6.45) is 1.88. The number of thioether (sulfide) groups is 1. The molecule has 2 aromatic rings. The molecule has 0 fully saturated rings. The van der Waals surface area contributed by atoms with Crippen molar-refractivity contribution in [1.29, 1.82) is 0 Å². The summed E-state index contributed by atoms with van der Waals surface area (Å²) in [4.78, 5) is 1.06. The number of nitrogens with one attached hydrogen (secondary N) is 1. The van der Waals surface area contributed by atoms with E-state index in [1.807, 2.05) is 13.2 Å². The Hall–Kier alpha value is -1.17. The molecule has 0 aliphatic heterocycles. The fourth-order valence-electron chi connectivity index (χ4n) is 1.68. The van der Waals surface area contributed by atoms with Crippen LogP contribution in [0, 0.1) is 6.92 Å². The minimum Gasteiger partial charge on any atom is -0.278 e. The van der Waals surface area contributed by atoms with Gasteiger partial charge in [-0.1, -0.05) is 29.3 Å². The molecule has 3 nitrogen and oxygen atoms in total. The highest BCUT2D eigenvalue weighted by Crippen LogP contribution is 2.30. The van der Waals surface area contributed by atoms with E-state index in [0.29, 0.717) is 10.7 Å². The highest BCUT2D eigenvalue weighted by atomic mass is 35.5. The molecule has 0 saturated carbocycles. The van der Waals surface area contributed by atoms with E-state index in [9.17, 15) is 8.42 Å². The lowest BCUT2D eigenvalue weighted by Gasteiger charge is -2.12. The third-order valence-electron chi connectivity index (χ3n) is 2.74. The Labute approximate surface area is 128 Å². The summed E-state index contributed by atoms with van der Waals surface area (Å²) < 4.78 is 27.2. The molecule has 0 aliphatic carbocycles. The third-order valence-corrected chi connectivity index (χ3v) is 5.15. The number of hydrogen-bond acceptors (Lipinski definition) is 3. The van der Waals surface area contributed by atoms with Gasteiger partial charge < -0.3 is 0 Å². The summed E-state index contributed by atoms with van der Waals surface area (Å²) in [6, 6.07) is 11.8. The Morgan fingerprint density at radius 1 is 1.10 bits per heavy atom. The summed E-state index contributed by atoms with van der Waals surface area (Å²) in [5, 5.41) is 0.490. The second kappa shape index (κ2) is 6.08. The molecule has 2 aromatic carbocycles. The van der Waals surface area contributed by atoms with Crippen LogP contribution in [0.1, 0.15) is 5.56 Å². The smallest absolute Gasteiger partial charge is 0.261 e. The average Bonchev–Trinajstić information content (AvgIpc) is 2.39. The molecule has 0 unspecified atom stereocenters. The first-order chi connectivity index (χ1) is 9.42. The molecule has 20 heavy (non-hydrogen) atoms. The molecule has 0 bridgehead atoms. The Bertz CT molecular complexity index is 712. The molecule has 0 spiro atoms. The number of hydrogen-bond donors (Lipinski definition) is 1. The maximum absolute atomic E-state index is 12.3. The molecule has 0 amide bonds. The minimum absolute atomic E-state index is 0.232. The molecule has 106 valence electrons. The molecular formula is C14H14ClNO2S2. The molecule has 0 aromatic heterocycles. The zero-order chi connectivity index (χ0) is 14.8. The van der Waals surface area contributed by atoms with Crippen molar-refractivity contribution in [2.75, 3.05) is 11.0 Å². The van der Waals surface area contributed by atoms with Crippen LogP contribution in [-0.4, -0.2) is 14.7 Å². The van der Waals surface area contributed by atoms with Crippen LogP contribution in [-0.2, 0) is 10.0 Å². The van der Waals surface area contributed by atoms with E-state index in [-0.39, 0.29) is 4.90 Å². The summed E-state index contributed by atoms with van der Waals surface area (Å²) >= 11 is 7.38. The number of sulfonamides is 1. The molecule has 0 heterocycles. The maximum atomic E-state index is 12.3. The van der Waals surface area contributed by atoms with E-state index >= 15 is 0 Å². The summed E-state index contributed by atoms with van der Waals surface area (Å²) in [5.41, 5.74) is 1.50. The molecule has 0 saturated heterocycles. The topological polar surface area (TPSA) is 46.2 Å². The van der Waals surface area contributed by atoms with Gasteiger partial charge in [0.1, 0.15) is 0 Å². The summed E-state index contributed by atoms with van der Waals surface area (Å²) in [6.45, 7) is 1.91. The molecule has 1 N–H and O–H groups in total. The van der Waals surface area contributed by atoms with Gasteiger partial charge in [0.05, 0.1) is 10.6 Å². The van der Waals surface area contributed by atoms with Crippen LogP contribution in [0.5, 0.6) is 0 Å². The highest BCUT2D eigenvalue weighted by Gasteiger charge is 2.16. The predicted molar refractivity (Wildman–Crippen MR) is 85.2 cm³/mol. The van der Waals surface area contributed by atoms with Crippen LogP contribution in [0.25, 0.3) is 0 Å². The van der Waals surface area contributed by atoms with Gasteiger partial charge in [-0.15, -0.1) is 11.8 Å². The van der Waals surface area contributed by atoms with Crippen LogP contribution in [0.15, 0.2) is 52.3 Å². The van der Waals surface area contributed by atoms with Crippen molar-refractivity contribution >= 4 is 39.1 Å². The SMILES string of the molecule is CSc1ccc(Cl)cc1NS(=O)(=O)c1ccc(C)cc1. The number of benzene rings is 2. The number of aryl methyl sites for hydroxylation is 1. The van der Waals surface area contributed by atoms with Crippen molar-refractivity contribution in [2.45, 2.75) is 16.7 Å². The lowest BCUT2D eigenvalue weighted by molar-refractivity contribution is 0.601. The normalized spacial score (nSPS) is 11.3. The maximum Gasteiger partial charge on any atom is 0.261 e. The van der Waals surface area contributed by atoms with Gasteiger partial charge in [-0.05, 0) is 43.5 Å². The van der Waals surface area contributed by atoms with E-state index in [0.717, 1.165) is 10.5 Å². The Morgan fingerprint density at radius 2 is 1.75 bits per heavy atom. The van der Waals surface area contributed by atoms with Crippen LogP contribution in [0.4, 0.5) is 5.69 Å². The first-order valence-corrected chi connectivity index (χ1v) is 8.94. The molecule has 0 atom stereocenters. The van der Waals surface area contributed by atoms with Gasteiger partial charge in [-0.3, -0.25) is 4.72 Å². The number of anilines is 1. The van der Waals surface area contributed by atoms with Crippen molar-refractivity contribution in [3.63, 3.8) is 0 Å². The van der Waals surface area contributed by atoms with E-state index in [1.165, 1.54) is 11.8 Å². The Kier molecular flexibility index (Phi) is 4.62. The van der Waals surface area contributed by atoms with Crippen LogP contribution in [0.2, 0.25) is 5.02 Å². The summed E-state index contributed by atoms with van der Waals surface area (Å²) in [5.74, 6) is 0. The van der Waals surface area contributed by atoms with Crippen molar-refractivity contribution in [1.82, 2.24) is 0 Å². The van der Waals surface area contributed by atoms with E-state index in [4.69, 9.17) is 11.6 Å².